The third-order valence-corrected chi connectivity index (χ3v) is 4.79. The van der Waals surface area contributed by atoms with Crippen LogP contribution in [0.2, 0.25) is 0 Å². The maximum absolute atomic E-state index is 11.9. The standard InChI is InChI=1S/C18H25NO2.C4H4O4/c20-18(15-5-6-15)16-7-9-17(10-8-16)21-14-4-13-19-11-2-1-3-12-19;5-3(6)1-2-4(7)8/h7-10,15H,1-6,11-14H2;1-2H,(H,5,6)(H,7,8)/b;2-1-. The quantitative estimate of drug-likeness (QED) is 0.370. The summed E-state index contributed by atoms with van der Waals surface area (Å²) < 4.78 is 5.77. The van der Waals surface area contributed by atoms with Crippen LogP contribution in [-0.4, -0.2) is 59.1 Å². The molecule has 158 valence electrons. The first-order chi connectivity index (χ1) is 14.0. The molecule has 1 aromatic carbocycles. The number of ketones is 1. The van der Waals surface area contributed by atoms with Crippen molar-refractivity contribution in [2.24, 2.45) is 5.92 Å². The van der Waals surface area contributed by atoms with Gasteiger partial charge in [-0.1, -0.05) is 6.42 Å². The first-order valence-corrected chi connectivity index (χ1v) is 10.1. The molecule has 0 amide bonds. The Hall–Kier alpha value is -2.67. The summed E-state index contributed by atoms with van der Waals surface area (Å²) in [5.41, 5.74) is 0.832. The van der Waals surface area contributed by atoms with Crippen molar-refractivity contribution in [1.82, 2.24) is 4.90 Å². The second-order valence-corrected chi connectivity index (χ2v) is 7.28. The molecule has 2 aliphatic rings. The van der Waals surface area contributed by atoms with Gasteiger partial charge in [-0.2, -0.15) is 0 Å². The average molecular weight is 403 g/mol. The molecule has 1 aliphatic heterocycles. The Morgan fingerprint density at radius 3 is 2.07 bits per heavy atom. The van der Waals surface area contributed by atoms with Crippen molar-refractivity contribution in [3.63, 3.8) is 0 Å². The van der Waals surface area contributed by atoms with Gasteiger partial charge in [-0.3, -0.25) is 4.79 Å². The Balaban J connectivity index is 0.000000321. The molecule has 7 heteroatoms. The molecule has 0 unspecified atom stereocenters. The van der Waals surface area contributed by atoms with E-state index in [1.54, 1.807) is 0 Å². The number of aliphatic carboxylic acids is 2. The van der Waals surface area contributed by atoms with E-state index in [2.05, 4.69) is 4.90 Å². The van der Waals surface area contributed by atoms with Crippen LogP contribution >= 0.6 is 0 Å². The summed E-state index contributed by atoms with van der Waals surface area (Å²) in [6.45, 7) is 4.39. The molecule has 0 atom stereocenters. The van der Waals surface area contributed by atoms with Gasteiger partial charge in [0.1, 0.15) is 5.75 Å². The van der Waals surface area contributed by atoms with E-state index in [0.29, 0.717) is 23.9 Å². The van der Waals surface area contributed by atoms with Crippen LogP contribution in [0.3, 0.4) is 0 Å². The molecule has 0 bridgehead atoms. The van der Waals surface area contributed by atoms with Gasteiger partial charge in [0, 0.05) is 30.2 Å². The van der Waals surface area contributed by atoms with E-state index < -0.39 is 11.9 Å². The lowest BCUT2D eigenvalue weighted by Gasteiger charge is -2.26. The van der Waals surface area contributed by atoms with Gasteiger partial charge in [-0.25, -0.2) is 9.59 Å². The van der Waals surface area contributed by atoms with Gasteiger partial charge in [0.2, 0.25) is 0 Å². The summed E-state index contributed by atoms with van der Waals surface area (Å²) in [5, 5.41) is 15.6. The van der Waals surface area contributed by atoms with E-state index in [4.69, 9.17) is 14.9 Å². The molecule has 2 fully saturated rings. The number of ether oxygens (including phenoxy) is 1. The lowest BCUT2D eigenvalue weighted by Crippen LogP contribution is -2.31. The minimum atomic E-state index is -1.26. The number of carbonyl (C=O) groups is 3. The van der Waals surface area contributed by atoms with Crippen molar-refractivity contribution in [3.05, 3.63) is 42.0 Å². The smallest absolute Gasteiger partial charge is 0.328 e. The van der Waals surface area contributed by atoms with E-state index in [0.717, 1.165) is 43.7 Å². The third kappa shape index (κ3) is 9.38. The Bertz CT molecular complexity index is 687. The highest BCUT2D eigenvalue weighted by molar-refractivity contribution is 5.99. The van der Waals surface area contributed by atoms with Crippen LogP contribution in [0.15, 0.2) is 36.4 Å². The third-order valence-electron chi connectivity index (χ3n) is 4.79. The summed E-state index contributed by atoms with van der Waals surface area (Å²) in [4.78, 5) is 33.5. The average Bonchev–Trinajstić information content (AvgIpc) is 3.56. The second kappa shape index (κ2) is 12.0. The highest BCUT2D eigenvalue weighted by Crippen LogP contribution is 2.32. The topological polar surface area (TPSA) is 104 Å². The fourth-order valence-electron chi connectivity index (χ4n) is 3.10. The number of piperidine rings is 1. The van der Waals surface area contributed by atoms with Crippen LogP contribution in [0.4, 0.5) is 0 Å². The minimum absolute atomic E-state index is 0.293. The Labute approximate surface area is 171 Å². The van der Waals surface area contributed by atoms with E-state index in [-0.39, 0.29) is 0 Å². The zero-order chi connectivity index (χ0) is 21.1. The number of carboxylic acids is 2. The first-order valence-electron chi connectivity index (χ1n) is 10.1. The van der Waals surface area contributed by atoms with Crippen LogP contribution in [-0.2, 0) is 9.59 Å². The molecule has 1 aromatic rings. The summed E-state index contributed by atoms with van der Waals surface area (Å²) in [7, 11) is 0. The Morgan fingerprint density at radius 2 is 1.55 bits per heavy atom. The van der Waals surface area contributed by atoms with Crippen molar-refractivity contribution < 1.29 is 29.3 Å². The fourth-order valence-corrected chi connectivity index (χ4v) is 3.10. The van der Waals surface area contributed by atoms with E-state index >= 15 is 0 Å². The highest BCUT2D eigenvalue weighted by atomic mass is 16.5. The molecular formula is C22H29NO6. The zero-order valence-electron chi connectivity index (χ0n) is 16.6. The number of hydrogen-bond acceptors (Lipinski definition) is 5. The summed E-state index contributed by atoms with van der Waals surface area (Å²) >= 11 is 0. The van der Waals surface area contributed by atoms with Crippen molar-refractivity contribution in [1.29, 1.82) is 0 Å². The summed E-state index contributed by atoms with van der Waals surface area (Å²) in [6, 6.07) is 7.66. The number of hydrogen-bond donors (Lipinski definition) is 2. The number of benzene rings is 1. The SMILES string of the molecule is O=C(O)/C=C\C(=O)O.O=C(c1ccc(OCCCN2CCCCC2)cc1)C1CC1. The number of carbonyl (C=O) groups excluding carboxylic acids is 1. The van der Waals surface area contributed by atoms with E-state index in [9.17, 15) is 14.4 Å². The molecule has 2 N–H and O–H groups in total. The van der Waals surface area contributed by atoms with Crippen LogP contribution in [0.5, 0.6) is 5.75 Å². The van der Waals surface area contributed by atoms with Gasteiger partial charge in [-0.15, -0.1) is 0 Å². The molecule has 1 saturated carbocycles. The number of nitrogens with zero attached hydrogens (tertiary/aromatic N) is 1. The predicted octanol–water partition coefficient (Wildman–Crippen LogP) is 3.25. The molecule has 3 rings (SSSR count). The molecule has 0 spiro atoms. The first kappa shape index (κ1) is 22.6. The molecule has 1 saturated heterocycles. The number of rotatable bonds is 9. The van der Waals surface area contributed by atoms with Gasteiger partial charge in [0.15, 0.2) is 5.78 Å². The summed E-state index contributed by atoms with van der Waals surface area (Å²) in [6.07, 6.45) is 8.39. The van der Waals surface area contributed by atoms with Gasteiger partial charge < -0.3 is 19.8 Å². The van der Waals surface area contributed by atoms with Crippen molar-refractivity contribution in [3.8, 4) is 5.75 Å². The molecule has 1 aliphatic carbocycles. The Kier molecular flexibility index (Phi) is 9.37. The maximum Gasteiger partial charge on any atom is 0.328 e. The monoisotopic (exact) mass is 403 g/mol. The van der Waals surface area contributed by atoms with Crippen LogP contribution in [0.1, 0.15) is 48.9 Å². The molecular weight excluding hydrogens is 374 g/mol. The lowest BCUT2D eigenvalue weighted by molar-refractivity contribution is -0.134. The maximum atomic E-state index is 11.9. The zero-order valence-corrected chi connectivity index (χ0v) is 16.6. The van der Waals surface area contributed by atoms with Crippen LogP contribution < -0.4 is 4.74 Å². The number of likely N-dealkylation sites (tertiary alicyclic amines) is 1. The van der Waals surface area contributed by atoms with E-state index in [1.807, 2.05) is 24.3 Å². The predicted molar refractivity (Wildman–Crippen MR) is 108 cm³/mol. The number of Topliss-reactive ketones (excluding diaryl/α,β-unsaturated/α-hetero) is 1. The molecule has 1 heterocycles. The molecule has 0 aromatic heterocycles. The van der Waals surface area contributed by atoms with Crippen molar-refractivity contribution in [2.45, 2.75) is 38.5 Å². The van der Waals surface area contributed by atoms with Gasteiger partial charge in [0.05, 0.1) is 6.61 Å². The van der Waals surface area contributed by atoms with Crippen molar-refractivity contribution in [2.75, 3.05) is 26.2 Å². The molecule has 29 heavy (non-hydrogen) atoms. The minimum Gasteiger partial charge on any atom is -0.494 e. The lowest BCUT2D eigenvalue weighted by atomic mass is 10.1. The van der Waals surface area contributed by atoms with Gasteiger partial charge >= 0.3 is 11.9 Å². The molecule has 7 nitrogen and oxygen atoms in total. The molecule has 0 radical (unpaired) electrons. The van der Waals surface area contributed by atoms with E-state index in [1.165, 1.54) is 32.4 Å². The van der Waals surface area contributed by atoms with Gasteiger partial charge in [-0.05, 0) is 69.5 Å². The van der Waals surface area contributed by atoms with Crippen LogP contribution in [0.25, 0.3) is 0 Å². The summed E-state index contributed by atoms with van der Waals surface area (Å²) in [5.74, 6) is -1.05. The van der Waals surface area contributed by atoms with Gasteiger partial charge in [0.25, 0.3) is 0 Å². The second-order valence-electron chi connectivity index (χ2n) is 7.28. The van der Waals surface area contributed by atoms with Crippen LogP contribution in [0, 0.1) is 5.92 Å². The van der Waals surface area contributed by atoms with Crippen molar-refractivity contribution >= 4 is 17.7 Å². The fraction of sp³-hybridized carbons (Fsp3) is 0.500. The highest BCUT2D eigenvalue weighted by Gasteiger charge is 2.30. The Morgan fingerprint density at radius 1 is 0.966 bits per heavy atom. The largest absolute Gasteiger partial charge is 0.494 e. The normalized spacial score (nSPS) is 16.7. The number of carboxylic acid groups (broad SMARTS) is 2.